The number of nitrogens with zero attached hydrogens (tertiary/aromatic N) is 5. The largest absolute Gasteiger partial charge is 0.490 e. The van der Waals surface area contributed by atoms with E-state index in [0.717, 1.165) is 55.6 Å². The molecule has 0 atom stereocenters. The Labute approximate surface area is 181 Å². The first-order chi connectivity index (χ1) is 13.3. The number of rotatable bonds is 3. The minimum Gasteiger partial charge on any atom is -0.490 e. The molecule has 3 heterocycles. The molecular weight excluding hydrogens is 471 g/mol. The summed E-state index contributed by atoms with van der Waals surface area (Å²) in [5, 5.41) is 0. The van der Waals surface area contributed by atoms with Crippen LogP contribution in [0.25, 0.3) is 0 Å². The molecule has 28 heavy (non-hydrogen) atoms. The van der Waals surface area contributed by atoms with Crippen LogP contribution >= 0.6 is 24.0 Å². The number of guanidine groups is 1. The number of para-hydroxylation sites is 1. The molecule has 1 saturated heterocycles. The highest BCUT2D eigenvalue weighted by molar-refractivity contribution is 14.0. The molecule has 1 fully saturated rings. The summed E-state index contributed by atoms with van der Waals surface area (Å²) < 4.78 is 11.6. The summed E-state index contributed by atoms with van der Waals surface area (Å²) >= 11 is 0. The third-order valence-corrected chi connectivity index (χ3v) is 4.70. The van der Waals surface area contributed by atoms with Crippen LogP contribution in [0.2, 0.25) is 0 Å². The van der Waals surface area contributed by atoms with Crippen molar-refractivity contribution < 1.29 is 9.47 Å². The van der Waals surface area contributed by atoms with Crippen LogP contribution in [0.5, 0.6) is 11.5 Å². The molecule has 8 nitrogen and oxygen atoms in total. The van der Waals surface area contributed by atoms with E-state index in [-0.39, 0.29) is 24.0 Å². The Kier molecular flexibility index (Phi) is 7.12. The summed E-state index contributed by atoms with van der Waals surface area (Å²) in [5.41, 5.74) is 7.24. The van der Waals surface area contributed by atoms with Crippen molar-refractivity contribution in [1.29, 1.82) is 0 Å². The Morgan fingerprint density at radius 1 is 1.04 bits per heavy atom. The highest BCUT2D eigenvalue weighted by Gasteiger charge is 2.20. The van der Waals surface area contributed by atoms with Gasteiger partial charge in [-0.25, -0.2) is 15.0 Å². The van der Waals surface area contributed by atoms with Crippen LogP contribution in [0, 0.1) is 0 Å². The lowest BCUT2D eigenvalue weighted by Gasteiger charge is -2.35. The zero-order valence-electron chi connectivity index (χ0n) is 15.7. The topological polar surface area (TPSA) is 89.1 Å². The van der Waals surface area contributed by atoms with Gasteiger partial charge in [-0.3, -0.25) is 0 Å². The highest BCUT2D eigenvalue weighted by Crippen LogP contribution is 2.33. The lowest BCUT2D eigenvalue weighted by atomic mass is 10.2. The molecule has 0 unspecified atom stereocenters. The minimum absolute atomic E-state index is 0. The fraction of sp³-hybridized carbons (Fsp3) is 0.421. The number of piperazine rings is 1. The van der Waals surface area contributed by atoms with Gasteiger partial charge in [0.15, 0.2) is 17.5 Å². The number of aliphatic imine (C=N–C) groups is 1. The number of ether oxygens (including phenoxy) is 2. The third kappa shape index (κ3) is 4.75. The quantitative estimate of drug-likeness (QED) is 0.395. The van der Waals surface area contributed by atoms with Gasteiger partial charge in [-0.2, -0.15) is 0 Å². The Morgan fingerprint density at radius 3 is 2.57 bits per heavy atom. The van der Waals surface area contributed by atoms with E-state index in [0.29, 0.717) is 25.7 Å². The van der Waals surface area contributed by atoms with Crippen LogP contribution in [0.15, 0.2) is 41.7 Å². The summed E-state index contributed by atoms with van der Waals surface area (Å²) in [5.74, 6) is 2.89. The molecule has 4 rings (SSSR count). The summed E-state index contributed by atoms with van der Waals surface area (Å²) in [6.07, 6.45) is 4.41. The van der Waals surface area contributed by atoms with Crippen LogP contribution < -0.4 is 20.1 Å². The number of nitrogens with two attached hydrogens (primary N) is 1. The first kappa shape index (κ1) is 20.4. The molecule has 0 spiro atoms. The lowest BCUT2D eigenvalue weighted by Crippen LogP contribution is -2.51. The van der Waals surface area contributed by atoms with E-state index in [4.69, 9.17) is 15.2 Å². The highest BCUT2D eigenvalue weighted by atomic mass is 127. The maximum Gasteiger partial charge on any atom is 0.225 e. The average molecular weight is 496 g/mol. The second kappa shape index (κ2) is 9.76. The van der Waals surface area contributed by atoms with Crippen LogP contribution in [0.4, 0.5) is 5.95 Å². The molecule has 2 aliphatic rings. The zero-order valence-corrected chi connectivity index (χ0v) is 18.0. The number of hydrogen-bond acceptors (Lipinski definition) is 6. The van der Waals surface area contributed by atoms with Gasteiger partial charge in [0.25, 0.3) is 0 Å². The van der Waals surface area contributed by atoms with Crippen molar-refractivity contribution in [1.82, 2.24) is 14.9 Å². The van der Waals surface area contributed by atoms with E-state index >= 15 is 0 Å². The van der Waals surface area contributed by atoms with E-state index in [9.17, 15) is 0 Å². The predicted octanol–water partition coefficient (Wildman–Crippen LogP) is 1.89. The zero-order chi connectivity index (χ0) is 18.5. The minimum atomic E-state index is 0. The first-order valence-corrected chi connectivity index (χ1v) is 9.25. The van der Waals surface area contributed by atoms with Gasteiger partial charge in [0.1, 0.15) is 0 Å². The van der Waals surface area contributed by atoms with Crippen LogP contribution in [-0.4, -0.2) is 60.2 Å². The van der Waals surface area contributed by atoms with Gasteiger partial charge in [0.2, 0.25) is 5.95 Å². The number of aromatic nitrogens is 2. The molecule has 0 bridgehead atoms. The smallest absolute Gasteiger partial charge is 0.225 e. The van der Waals surface area contributed by atoms with E-state index in [1.54, 1.807) is 12.4 Å². The molecule has 150 valence electrons. The van der Waals surface area contributed by atoms with Crippen molar-refractivity contribution in [3.63, 3.8) is 0 Å². The Hall–Kier alpha value is -2.30. The molecule has 0 amide bonds. The summed E-state index contributed by atoms with van der Waals surface area (Å²) in [6.45, 7) is 5.03. The number of benzene rings is 1. The molecule has 9 heteroatoms. The SMILES string of the molecule is I.NC(=NCc1cccc2c1OCCCO2)N1CCN(c2ncccn2)CC1. The van der Waals surface area contributed by atoms with Crippen molar-refractivity contribution in [2.45, 2.75) is 13.0 Å². The molecule has 0 saturated carbocycles. The number of halogens is 1. The Balaban J connectivity index is 0.00000225. The van der Waals surface area contributed by atoms with Gasteiger partial charge >= 0.3 is 0 Å². The van der Waals surface area contributed by atoms with Crippen molar-refractivity contribution in [3.05, 3.63) is 42.2 Å². The second-order valence-corrected chi connectivity index (χ2v) is 6.49. The second-order valence-electron chi connectivity index (χ2n) is 6.49. The van der Waals surface area contributed by atoms with Gasteiger partial charge in [0.05, 0.1) is 19.8 Å². The van der Waals surface area contributed by atoms with Crippen LogP contribution in [0.3, 0.4) is 0 Å². The molecule has 0 radical (unpaired) electrons. The van der Waals surface area contributed by atoms with E-state index in [1.807, 2.05) is 24.3 Å². The van der Waals surface area contributed by atoms with E-state index in [1.165, 1.54) is 0 Å². The van der Waals surface area contributed by atoms with Gasteiger partial charge in [-0.15, -0.1) is 24.0 Å². The maximum atomic E-state index is 6.24. The van der Waals surface area contributed by atoms with Crippen molar-refractivity contribution in [2.75, 3.05) is 44.3 Å². The average Bonchev–Trinajstić information content (AvgIpc) is 2.99. The van der Waals surface area contributed by atoms with Crippen molar-refractivity contribution in [2.24, 2.45) is 10.7 Å². The van der Waals surface area contributed by atoms with E-state index in [2.05, 4.69) is 24.8 Å². The number of hydrogen-bond donors (Lipinski definition) is 1. The third-order valence-electron chi connectivity index (χ3n) is 4.70. The Bertz CT molecular complexity index is 796. The molecule has 0 aliphatic carbocycles. The van der Waals surface area contributed by atoms with Gasteiger partial charge < -0.3 is 25.0 Å². The Morgan fingerprint density at radius 2 is 1.79 bits per heavy atom. The number of fused-ring (bicyclic) bond motifs is 1. The normalized spacial score (nSPS) is 16.9. The summed E-state index contributed by atoms with van der Waals surface area (Å²) in [4.78, 5) is 17.5. The lowest BCUT2D eigenvalue weighted by molar-refractivity contribution is 0.296. The predicted molar refractivity (Wildman–Crippen MR) is 119 cm³/mol. The van der Waals surface area contributed by atoms with E-state index < -0.39 is 0 Å². The fourth-order valence-electron chi connectivity index (χ4n) is 3.23. The monoisotopic (exact) mass is 496 g/mol. The molecule has 1 aromatic carbocycles. The molecule has 1 aromatic heterocycles. The van der Waals surface area contributed by atoms with Gasteiger partial charge in [-0.05, 0) is 12.1 Å². The summed E-state index contributed by atoms with van der Waals surface area (Å²) in [7, 11) is 0. The standard InChI is InChI=1S/C19H24N6O2.HI/c20-18(24-8-10-25(11-9-24)19-21-6-2-7-22-19)23-14-15-4-1-5-16-17(15)27-13-3-12-26-16;/h1-2,4-7H,3,8-14H2,(H2,20,23);1H. The van der Waals surface area contributed by atoms with Crippen molar-refractivity contribution >= 4 is 35.9 Å². The van der Waals surface area contributed by atoms with Crippen LogP contribution in [0.1, 0.15) is 12.0 Å². The van der Waals surface area contributed by atoms with Crippen molar-refractivity contribution in [3.8, 4) is 11.5 Å². The van der Waals surface area contributed by atoms with Gasteiger partial charge in [0, 0.05) is 50.6 Å². The summed E-state index contributed by atoms with van der Waals surface area (Å²) in [6, 6.07) is 7.73. The van der Waals surface area contributed by atoms with Crippen LogP contribution in [-0.2, 0) is 6.54 Å². The molecule has 2 N–H and O–H groups in total. The maximum absolute atomic E-state index is 6.24. The molecule has 2 aromatic rings. The molecule has 2 aliphatic heterocycles. The molecular formula is C19H25IN6O2. The first-order valence-electron chi connectivity index (χ1n) is 9.25. The number of anilines is 1. The fourth-order valence-corrected chi connectivity index (χ4v) is 3.23. The van der Waals surface area contributed by atoms with Gasteiger partial charge in [-0.1, -0.05) is 12.1 Å².